The summed E-state index contributed by atoms with van der Waals surface area (Å²) in [5.74, 6) is -0.928. The maximum atomic E-state index is 12.8. The second-order valence-corrected chi connectivity index (χ2v) is 20.9. The molecule has 426 valence electrons. The molecule has 0 aliphatic carbocycles. The SMILES string of the molecule is CC/C=C\C/C=C\C/C=C\C/C=C\CCCCC(=O)OC(COC(=O)CCCCCCCCCC)COC(=O)CCCCCCCCCCCCCCCCCCCC/C=C\C/C=C\C/C=C\CCCCCCC. The highest BCUT2D eigenvalue weighted by Crippen LogP contribution is 2.16. The van der Waals surface area contributed by atoms with E-state index >= 15 is 0 Å². The van der Waals surface area contributed by atoms with E-state index in [0.717, 1.165) is 89.9 Å². The molecule has 0 bridgehead atoms. The van der Waals surface area contributed by atoms with Crippen molar-refractivity contribution in [3.05, 3.63) is 85.1 Å². The number of carbonyl (C=O) groups is 3. The van der Waals surface area contributed by atoms with Crippen LogP contribution in [0, 0.1) is 0 Å². The predicted molar refractivity (Wildman–Crippen MR) is 321 cm³/mol. The lowest BCUT2D eigenvalue weighted by molar-refractivity contribution is -0.167. The Morgan fingerprint density at radius 3 is 0.851 bits per heavy atom. The smallest absolute Gasteiger partial charge is 0.306 e. The van der Waals surface area contributed by atoms with Gasteiger partial charge in [-0.3, -0.25) is 14.4 Å². The number of allylic oxidation sites excluding steroid dienone is 14. The van der Waals surface area contributed by atoms with Gasteiger partial charge in [0.05, 0.1) is 0 Å². The molecule has 0 amide bonds. The number of ether oxygens (including phenoxy) is 3. The third kappa shape index (κ3) is 59.5. The Balaban J connectivity index is 4.06. The lowest BCUT2D eigenvalue weighted by Gasteiger charge is -2.18. The molecule has 0 aromatic heterocycles. The number of hydrogen-bond donors (Lipinski definition) is 0. The van der Waals surface area contributed by atoms with E-state index in [9.17, 15) is 14.4 Å². The second kappa shape index (κ2) is 62.1. The largest absolute Gasteiger partial charge is 0.462 e. The summed E-state index contributed by atoms with van der Waals surface area (Å²) in [5.41, 5.74) is 0. The van der Waals surface area contributed by atoms with Gasteiger partial charge in [0.25, 0.3) is 0 Å². The van der Waals surface area contributed by atoms with Gasteiger partial charge in [0.1, 0.15) is 13.2 Å². The summed E-state index contributed by atoms with van der Waals surface area (Å²) in [6, 6.07) is 0. The van der Waals surface area contributed by atoms with E-state index in [4.69, 9.17) is 14.2 Å². The number of unbranched alkanes of at least 4 members (excludes halogenated alkanes) is 32. The van der Waals surface area contributed by atoms with Crippen LogP contribution in [0.4, 0.5) is 0 Å². The fourth-order valence-corrected chi connectivity index (χ4v) is 8.91. The van der Waals surface area contributed by atoms with Crippen molar-refractivity contribution >= 4 is 17.9 Å². The summed E-state index contributed by atoms with van der Waals surface area (Å²) in [7, 11) is 0. The van der Waals surface area contributed by atoms with Gasteiger partial charge in [-0.2, -0.15) is 0 Å². The van der Waals surface area contributed by atoms with Crippen LogP contribution in [-0.2, 0) is 28.6 Å². The molecule has 1 atom stereocenters. The number of rotatable bonds is 57. The Morgan fingerprint density at radius 2 is 0.527 bits per heavy atom. The van der Waals surface area contributed by atoms with Gasteiger partial charge in [0.15, 0.2) is 6.10 Å². The fourth-order valence-electron chi connectivity index (χ4n) is 8.91. The van der Waals surface area contributed by atoms with E-state index in [-0.39, 0.29) is 37.5 Å². The van der Waals surface area contributed by atoms with Crippen LogP contribution in [0.15, 0.2) is 85.1 Å². The molecular weight excluding hydrogens is 913 g/mol. The minimum Gasteiger partial charge on any atom is -0.462 e. The number of esters is 3. The first-order valence-corrected chi connectivity index (χ1v) is 31.6. The topological polar surface area (TPSA) is 78.9 Å². The first-order chi connectivity index (χ1) is 36.5. The first kappa shape index (κ1) is 70.6. The summed E-state index contributed by atoms with van der Waals surface area (Å²) in [6.07, 6.45) is 82.0. The molecule has 0 N–H and O–H groups in total. The standard InChI is InChI=1S/C68H118O6/c1-4-7-10-13-16-19-21-23-25-26-27-28-29-30-31-32-33-34-35-36-37-38-39-40-41-42-44-45-47-49-52-55-58-61-67(70)73-64-65(63-72-66(69)60-57-54-51-18-15-12-9-6-3)74-68(71)62-59-56-53-50-48-46-43-24-22-20-17-14-11-8-5-2/h8,11,17,20-21,23-24,26-27,29-30,43,48,50,65H,4-7,9-10,12-16,18-19,22,25,28,31-42,44-47,49,51-64H2,1-3H3/b11-8-,20-17-,23-21-,27-26-,30-29-,43-24-,50-48-. The zero-order valence-corrected chi connectivity index (χ0v) is 48.8. The van der Waals surface area contributed by atoms with Crippen LogP contribution in [0.25, 0.3) is 0 Å². The van der Waals surface area contributed by atoms with Crippen molar-refractivity contribution in [2.75, 3.05) is 13.2 Å². The molecule has 6 heteroatoms. The molecule has 0 spiro atoms. The maximum Gasteiger partial charge on any atom is 0.306 e. The van der Waals surface area contributed by atoms with Crippen LogP contribution < -0.4 is 0 Å². The normalized spacial score (nSPS) is 12.6. The van der Waals surface area contributed by atoms with Crippen LogP contribution >= 0.6 is 0 Å². The monoisotopic (exact) mass is 1030 g/mol. The lowest BCUT2D eigenvalue weighted by atomic mass is 10.0. The van der Waals surface area contributed by atoms with E-state index in [1.54, 1.807) is 0 Å². The van der Waals surface area contributed by atoms with E-state index in [1.165, 1.54) is 173 Å². The molecule has 0 radical (unpaired) electrons. The van der Waals surface area contributed by atoms with Crippen molar-refractivity contribution in [1.29, 1.82) is 0 Å². The molecule has 0 heterocycles. The Labute approximate surface area is 458 Å². The summed E-state index contributed by atoms with van der Waals surface area (Å²) in [6.45, 7) is 6.47. The van der Waals surface area contributed by atoms with E-state index in [1.807, 2.05) is 0 Å². The molecule has 0 aromatic rings. The molecular formula is C68H118O6. The van der Waals surface area contributed by atoms with Crippen molar-refractivity contribution in [2.24, 2.45) is 0 Å². The van der Waals surface area contributed by atoms with E-state index in [2.05, 4.69) is 106 Å². The van der Waals surface area contributed by atoms with E-state index < -0.39 is 6.10 Å². The minimum atomic E-state index is -0.794. The second-order valence-electron chi connectivity index (χ2n) is 20.9. The minimum absolute atomic E-state index is 0.0902. The summed E-state index contributed by atoms with van der Waals surface area (Å²) >= 11 is 0. The van der Waals surface area contributed by atoms with Crippen molar-refractivity contribution in [3.63, 3.8) is 0 Å². The zero-order chi connectivity index (χ0) is 53.6. The van der Waals surface area contributed by atoms with Gasteiger partial charge in [0.2, 0.25) is 0 Å². The quantitative estimate of drug-likeness (QED) is 0.0261. The number of carbonyl (C=O) groups excluding carboxylic acids is 3. The van der Waals surface area contributed by atoms with Crippen molar-refractivity contribution in [3.8, 4) is 0 Å². The van der Waals surface area contributed by atoms with Crippen LogP contribution in [0.1, 0.15) is 310 Å². The van der Waals surface area contributed by atoms with Gasteiger partial charge < -0.3 is 14.2 Å². The Bertz CT molecular complexity index is 1420. The summed E-state index contributed by atoms with van der Waals surface area (Å²) in [4.78, 5) is 38.0. The highest BCUT2D eigenvalue weighted by molar-refractivity contribution is 5.71. The van der Waals surface area contributed by atoms with Gasteiger partial charge in [-0.1, -0.05) is 279 Å². The lowest BCUT2D eigenvalue weighted by Crippen LogP contribution is -2.30. The Hall–Kier alpha value is -3.41. The van der Waals surface area contributed by atoms with Crippen LogP contribution in [0.5, 0.6) is 0 Å². The average molecular weight is 1030 g/mol. The summed E-state index contributed by atoms with van der Waals surface area (Å²) < 4.78 is 16.8. The maximum absolute atomic E-state index is 12.8. The molecule has 0 rings (SSSR count). The fraction of sp³-hybridized carbons (Fsp3) is 0.750. The molecule has 0 aliphatic rings. The number of hydrogen-bond acceptors (Lipinski definition) is 6. The molecule has 1 unspecified atom stereocenters. The molecule has 0 saturated heterocycles. The van der Waals surface area contributed by atoms with Gasteiger partial charge in [-0.15, -0.1) is 0 Å². The van der Waals surface area contributed by atoms with Crippen LogP contribution in [0.2, 0.25) is 0 Å². The van der Waals surface area contributed by atoms with Crippen molar-refractivity contribution < 1.29 is 28.6 Å². The van der Waals surface area contributed by atoms with Crippen LogP contribution in [0.3, 0.4) is 0 Å². The van der Waals surface area contributed by atoms with Crippen molar-refractivity contribution in [1.82, 2.24) is 0 Å². The van der Waals surface area contributed by atoms with Gasteiger partial charge in [-0.05, 0) is 96.3 Å². The highest BCUT2D eigenvalue weighted by Gasteiger charge is 2.19. The van der Waals surface area contributed by atoms with E-state index in [0.29, 0.717) is 19.3 Å². The van der Waals surface area contributed by atoms with Gasteiger partial charge in [-0.25, -0.2) is 0 Å². The highest BCUT2D eigenvalue weighted by atomic mass is 16.6. The molecule has 0 aliphatic heterocycles. The van der Waals surface area contributed by atoms with Crippen LogP contribution in [-0.4, -0.2) is 37.2 Å². The molecule has 0 aromatic carbocycles. The zero-order valence-electron chi connectivity index (χ0n) is 48.8. The Kier molecular flexibility index (Phi) is 59.3. The first-order valence-electron chi connectivity index (χ1n) is 31.6. The molecule has 74 heavy (non-hydrogen) atoms. The third-order valence-electron chi connectivity index (χ3n) is 13.6. The predicted octanol–water partition coefficient (Wildman–Crippen LogP) is 21.5. The summed E-state index contributed by atoms with van der Waals surface area (Å²) in [5, 5.41) is 0. The molecule has 0 fully saturated rings. The molecule has 0 saturated carbocycles. The Morgan fingerprint density at radius 1 is 0.284 bits per heavy atom. The van der Waals surface area contributed by atoms with Crippen molar-refractivity contribution in [2.45, 2.75) is 316 Å². The third-order valence-corrected chi connectivity index (χ3v) is 13.6. The molecule has 6 nitrogen and oxygen atoms in total. The van der Waals surface area contributed by atoms with Gasteiger partial charge >= 0.3 is 17.9 Å². The average Bonchev–Trinajstić information content (AvgIpc) is 3.40. The van der Waals surface area contributed by atoms with Gasteiger partial charge in [0, 0.05) is 19.3 Å².